The molecule has 1 fully saturated rings. The minimum Gasteiger partial charge on any atom is -0.244 e. The highest BCUT2D eigenvalue weighted by Gasteiger charge is 2.47. The van der Waals surface area contributed by atoms with E-state index in [-0.39, 0.29) is 5.41 Å². The Kier molecular flexibility index (Phi) is 2.56. The van der Waals surface area contributed by atoms with Gasteiger partial charge in [-0.05, 0) is 32.1 Å². The molecule has 1 aromatic rings. The second kappa shape index (κ2) is 3.61. The molecule has 0 aromatic carbocycles. The molecule has 1 aliphatic carbocycles. The lowest BCUT2D eigenvalue weighted by Gasteiger charge is -2.01. The van der Waals surface area contributed by atoms with Crippen LogP contribution in [0.25, 0.3) is 0 Å². The molecule has 1 aliphatic rings. The van der Waals surface area contributed by atoms with E-state index in [1.54, 1.807) is 11.3 Å². The molecular formula is C12H16N2S. The van der Waals surface area contributed by atoms with Crippen molar-refractivity contribution in [3.05, 3.63) is 15.6 Å². The van der Waals surface area contributed by atoms with E-state index in [9.17, 15) is 0 Å². The van der Waals surface area contributed by atoms with Gasteiger partial charge in [-0.15, -0.1) is 11.3 Å². The standard InChI is InChI=1S/C12H16N2S/c1-8(2)6-10-9(3)15-11(14-10)12(7-13)4-5-12/h8H,4-6H2,1-3H3. The summed E-state index contributed by atoms with van der Waals surface area (Å²) in [5, 5.41) is 10.2. The molecule has 0 aliphatic heterocycles. The molecule has 1 saturated carbocycles. The first-order valence-corrected chi connectivity index (χ1v) is 6.27. The van der Waals surface area contributed by atoms with Crippen LogP contribution in [0.5, 0.6) is 0 Å². The van der Waals surface area contributed by atoms with Crippen LogP contribution in [0.2, 0.25) is 0 Å². The molecule has 3 heteroatoms. The average molecular weight is 220 g/mol. The molecule has 80 valence electrons. The Balaban J connectivity index is 2.26. The van der Waals surface area contributed by atoms with Crippen molar-refractivity contribution in [1.82, 2.24) is 4.98 Å². The van der Waals surface area contributed by atoms with Crippen molar-refractivity contribution in [2.45, 2.75) is 45.4 Å². The zero-order chi connectivity index (χ0) is 11.1. The van der Waals surface area contributed by atoms with Gasteiger partial charge in [-0.3, -0.25) is 0 Å². The van der Waals surface area contributed by atoms with E-state index < -0.39 is 0 Å². The zero-order valence-electron chi connectivity index (χ0n) is 9.50. The first kappa shape index (κ1) is 10.6. The van der Waals surface area contributed by atoms with Gasteiger partial charge in [-0.25, -0.2) is 4.98 Å². The van der Waals surface area contributed by atoms with Crippen LogP contribution in [0.4, 0.5) is 0 Å². The van der Waals surface area contributed by atoms with Crippen LogP contribution in [0.1, 0.15) is 42.3 Å². The van der Waals surface area contributed by atoms with Crippen LogP contribution in [0, 0.1) is 24.2 Å². The van der Waals surface area contributed by atoms with E-state index in [1.165, 1.54) is 10.6 Å². The largest absolute Gasteiger partial charge is 0.244 e. The molecule has 0 amide bonds. The Morgan fingerprint density at radius 3 is 2.67 bits per heavy atom. The van der Waals surface area contributed by atoms with Gasteiger partial charge in [0.15, 0.2) is 0 Å². The molecule has 1 heterocycles. The van der Waals surface area contributed by atoms with Gasteiger partial charge >= 0.3 is 0 Å². The Morgan fingerprint density at radius 2 is 2.20 bits per heavy atom. The number of hydrogen-bond acceptors (Lipinski definition) is 3. The number of nitrogens with zero attached hydrogens (tertiary/aromatic N) is 2. The quantitative estimate of drug-likeness (QED) is 0.784. The molecule has 2 rings (SSSR count). The lowest BCUT2D eigenvalue weighted by atomic mass is 10.1. The van der Waals surface area contributed by atoms with Gasteiger partial charge in [0.1, 0.15) is 10.4 Å². The number of aryl methyl sites for hydroxylation is 1. The number of rotatable bonds is 3. The molecule has 0 radical (unpaired) electrons. The first-order valence-electron chi connectivity index (χ1n) is 5.45. The van der Waals surface area contributed by atoms with Crippen molar-refractivity contribution in [2.24, 2.45) is 5.92 Å². The van der Waals surface area contributed by atoms with Gasteiger partial charge in [-0.1, -0.05) is 13.8 Å². The van der Waals surface area contributed by atoms with Crippen LogP contribution in [-0.2, 0) is 11.8 Å². The lowest BCUT2D eigenvalue weighted by Crippen LogP contribution is -2.03. The SMILES string of the molecule is Cc1sc(C2(C#N)CC2)nc1CC(C)C. The van der Waals surface area contributed by atoms with Gasteiger partial charge in [0, 0.05) is 4.88 Å². The number of aromatic nitrogens is 1. The minimum absolute atomic E-state index is 0.204. The molecule has 0 unspecified atom stereocenters. The summed E-state index contributed by atoms with van der Waals surface area (Å²) in [6.45, 7) is 6.53. The summed E-state index contributed by atoms with van der Waals surface area (Å²) in [4.78, 5) is 5.94. The van der Waals surface area contributed by atoms with Crippen molar-refractivity contribution in [2.75, 3.05) is 0 Å². The summed E-state index contributed by atoms with van der Waals surface area (Å²) < 4.78 is 0. The van der Waals surface area contributed by atoms with Crippen LogP contribution >= 0.6 is 11.3 Å². The summed E-state index contributed by atoms with van der Waals surface area (Å²) in [7, 11) is 0. The second-order valence-corrected chi connectivity index (χ2v) is 6.02. The highest BCUT2D eigenvalue weighted by atomic mass is 32.1. The van der Waals surface area contributed by atoms with E-state index >= 15 is 0 Å². The Morgan fingerprint density at radius 1 is 1.53 bits per heavy atom. The highest BCUT2D eigenvalue weighted by Crippen LogP contribution is 2.49. The molecule has 1 aromatic heterocycles. The monoisotopic (exact) mass is 220 g/mol. The van der Waals surface area contributed by atoms with E-state index in [2.05, 4.69) is 31.8 Å². The van der Waals surface area contributed by atoms with E-state index in [4.69, 9.17) is 5.26 Å². The van der Waals surface area contributed by atoms with Crippen molar-refractivity contribution in [3.63, 3.8) is 0 Å². The third-order valence-corrected chi connectivity index (χ3v) is 4.08. The maximum Gasteiger partial charge on any atom is 0.113 e. The van der Waals surface area contributed by atoms with Crippen molar-refractivity contribution >= 4 is 11.3 Å². The van der Waals surface area contributed by atoms with Gasteiger partial charge in [0.2, 0.25) is 0 Å². The molecule has 15 heavy (non-hydrogen) atoms. The molecule has 0 N–H and O–H groups in total. The highest BCUT2D eigenvalue weighted by molar-refractivity contribution is 7.11. The van der Waals surface area contributed by atoms with Crippen LogP contribution < -0.4 is 0 Å². The molecule has 0 atom stereocenters. The predicted molar refractivity (Wildman–Crippen MR) is 61.9 cm³/mol. The van der Waals surface area contributed by atoms with Crippen molar-refractivity contribution in [1.29, 1.82) is 5.26 Å². The maximum atomic E-state index is 9.11. The minimum atomic E-state index is -0.204. The van der Waals surface area contributed by atoms with Gasteiger partial charge in [0.05, 0.1) is 11.8 Å². The summed E-state index contributed by atoms with van der Waals surface area (Å²) in [6.07, 6.45) is 3.03. The summed E-state index contributed by atoms with van der Waals surface area (Å²) >= 11 is 1.72. The van der Waals surface area contributed by atoms with E-state index in [1.807, 2.05) is 0 Å². The van der Waals surface area contributed by atoms with Gasteiger partial charge < -0.3 is 0 Å². The second-order valence-electron chi connectivity index (χ2n) is 4.81. The smallest absolute Gasteiger partial charge is 0.113 e. The zero-order valence-corrected chi connectivity index (χ0v) is 10.3. The number of nitriles is 1. The van der Waals surface area contributed by atoms with Crippen LogP contribution in [-0.4, -0.2) is 4.98 Å². The van der Waals surface area contributed by atoms with E-state index in [0.29, 0.717) is 5.92 Å². The molecule has 2 nitrogen and oxygen atoms in total. The molecule has 0 spiro atoms. The molecular weight excluding hydrogens is 204 g/mol. The van der Waals surface area contributed by atoms with Crippen molar-refractivity contribution in [3.8, 4) is 6.07 Å². The first-order chi connectivity index (χ1) is 7.07. The Bertz CT molecular complexity index is 408. The van der Waals surface area contributed by atoms with Gasteiger partial charge in [-0.2, -0.15) is 5.26 Å². The Labute approximate surface area is 95.0 Å². The maximum absolute atomic E-state index is 9.11. The summed E-state index contributed by atoms with van der Waals surface area (Å²) in [5.41, 5.74) is 0.997. The lowest BCUT2D eigenvalue weighted by molar-refractivity contribution is 0.633. The predicted octanol–water partition coefficient (Wildman–Crippen LogP) is 3.21. The number of thiazole rings is 1. The summed E-state index contributed by atoms with van der Waals surface area (Å²) in [5.74, 6) is 0.635. The molecule has 0 bridgehead atoms. The van der Waals surface area contributed by atoms with E-state index in [0.717, 1.165) is 24.3 Å². The van der Waals surface area contributed by atoms with Crippen LogP contribution in [0.15, 0.2) is 0 Å². The third-order valence-electron chi connectivity index (χ3n) is 2.87. The molecule has 0 saturated heterocycles. The van der Waals surface area contributed by atoms with Crippen LogP contribution in [0.3, 0.4) is 0 Å². The fraction of sp³-hybridized carbons (Fsp3) is 0.667. The Hall–Kier alpha value is -0.880. The number of hydrogen-bond donors (Lipinski definition) is 0. The average Bonchev–Trinajstić information content (AvgIpc) is 2.88. The van der Waals surface area contributed by atoms with Gasteiger partial charge in [0.25, 0.3) is 0 Å². The third kappa shape index (κ3) is 1.91. The fourth-order valence-corrected chi connectivity index (χ4v) is 2.85. The summed E-state index contributed by atoms with van der Waals surface area (Å²) in [6, 6.07) is 2.41. The fourth-order valence-electron chi connectivity index (χ4n) is 1.71. The van der Waals surface area contributed by atoms with Crippen molar-refractivity contribution < 1.29 is 0 Å². The topological polar surface area (TPSA) is 36.7 Å². The normalized spacial score (nSPS) is 17.8.